The van der Waals surface area contributed by atoms with Gasteiger partial charge in [-0.3, -0.25) is 4.79 Å². The number of amides is 1. The number of nitrogens with one attached hydrogen (secondary N) is 1. The highest BCUT2D eigenvalue weighted by Crippen LogP contribution is 2.61. The number of ether oxygens (including phenoxy) is 2. The third-order valence-corrected chi connectivity index (χ3v) is 8.14. The molecule has 29 heavy (non-hydrogen) atoms. The number of hydrogen-bond acceptors (Lipinski definition) is 6. The Balaban J connectivity index is 1.54. The van der Waals surface area contributed by atoms with Crippen LogP contribution < -0.4 is 5.32 Å². The van der Waals surface area contributed by atoms with Crippen molar-refractivity contribution in [3.63, 3.8) is 0 Å². The van der Waals surface area contributed by atoms with Gasteiger partial charge in [0.25, 0.3) is 0 Å². The first-order valence-corrected chi connectivity index (χ1v) is 11.3. The van der Waals surface area contributed by atoms with Gasteiger partial charge in [-0.25, -0.2) is 9.59 Å². The van der Waals surface area contributed by atoms with Crippen LogP contribution in [0.5, 0.6) is 0 Å². The van der Waals surface area contributed by atoms with Gasteiger partial charge in [0.1, 0.15) is 9.88 Å². The summed E-state index contributed by atoms with van der Waals surface area (Å²) in [5.41, 5.74) is 0.863. The van der Waals surface area contributed by atoms with Gasteiger partial charge >= 0.3 is 11.9 Å². The zero-order valence-electron chi connectivity index (χ0n) is 17.3. The van der Waals surface area contributed by atoms with E-state index in [-0.39, 0.29) is 23.5 Å². The van der Waals surface area contributed by atoms with Crippen LogP contribution in [0.4, 0.5) is 5.00 Å². The lowest BCUT2D eigenvalue weighted by molar-refractivity contribution is -0.124. The minimum absolute atomic E-state index is 0.0739. The molecule has 5 rings (SSSR count). The largest absolute Gasteiger partial charge is 0.465 e. The zero-order chi connectivity index (χ0) is 20.8. The summed E-state index contributed by atoms with van der Waals surface area (Å²) in [5.74, 6) is 1.22. The van der Waals surface area contributed by atoms with Gasteiger partial charge in [-0.2, -0.15) is 0 Å². The van der Waals surface area contributed by atoms with Crippen LogP contribution >= 0.6 is 11.3 Å². The molecule has 1 N–H and O–H groups in total. The van der Waals surface area contributed by atoms with Crippen molar-refractivity contribution in [3.05, 3.63) is 16.0 Å². The fourth-order valence-electron chi connectivity index (χ4n) is 6.36. The molecule has 0 aliphatic heterocycles. The van der Waals surface area contributed by atoms with Crippen molar-refractivity contribution in [3.8, 4) is 0 Å². The number of carbonyl (C=O) groups excluding carboxylic acids is 3. The van der Waals surface area contributed by atoms with E-state index in [0.29, 0.717) is 21.9 Å². The topological polar surface area (TPSA) is 81.7 Å². The van der Waals surface area contributed by atoms with Crippen molar-refractivity contribution in [1.29, 1.82) is 0 Å². The molecule has 4 aliphatic rings. The van der Waals surface area contributed by atoms with Crippen molar-refractivity contribution >= 4 is 34.2 Å². The standard InChI is InChI=1S/C22H29NO5S/c1-4-28-20(25)17-12(2)18(21(26)27-3)29-19(17)23-16(24)11-22-8-13-5-14(9-22)7-15(6-13)10-22/h13-15H,4-11H2,1-3H3,(H,23,24). The Hall–Kier alpha value is -1.89. The SMILES string of the molecule is CCOC(=O)c1c(NC(=O)CC23CC4CC(CC(C4)C2)C3)sc(C(=O)OC)c1C. The van der Waals surface area contributed by atoms with E-state index in [1.807, 2.05) is 0 Å². The van der Waals surface area contributed by atoms with Gasteiger partial charge in [-0.05, 0) is 81.1 Å². The van der Waals surface area contributed by atoms with Gasteiger partial charge in [0.15, 0.2) is 0 Å². The molecule has 1 aromatic rings. The second-order valence-electron chi connectivity index (χ2n) is 9.11. The molecule has 4 fully saturated rings. The molecule has 7 heteroatoms. The molecular weight excluding hydrogens is 390 g/mol. The number of rotatable bonds is 6. The van der Waals surface area contributed by atoms with Crippen molar-refractivity contribution in [1.82, 2.24) is 0 Å². The molecule has 158 valence electrons. The molecule has 0 atom stereocenters. The third-order valence-electron chi connectivity index (χ3n) is 6.95. The van der Waals surface area contributed by atoms with Gasteiger partial charge in [-0.15, -0.1) is 11.3 Å². The maximum atomic E-state index is 13.0. The number of hydrogen-bond donors (Lipinski definition) is 1. The van der Waals surface area contributed by atoms with Gasteiger partial charge in [-0.1, -0.05) is 0 Å². The van der Waals surface area contributed by atoms with E-state index in [2.05, 4.69) is 5.32 Å². The number of anilines is 1. The van der Waals surface area contributed by atoms with Gasteiger partial charge in [0, 0.05) is 6.42 Å². The zero-order valence-corrected chi connectivity index (χ0v) is 18.2. The Labute approximate surface area is 175 Å². The number of thiophene rings is 1. The van der Waals surface area contributed by atoms with E-state index < -0.39 is 11.9 Å². The number of carbonyl (C=O) groups is 3. The average molecular weight is 420 g/mol. The van der Waals surface area contributed by atoms with Gasteiger partial charge < -0.3 is 14.8 Å². The molecule has 0 spiro atoms. The quantitative estimate of drug-likeness (QED) is 0.683. The minimum Gasteiger partial charge on any atom is -0.465 e. The van der Waals surface area contributed by atoms with E-state index in [9.17, 15) is 14.4 Å². The Morgan fingerprint density at radius 2 is 1.66 bits per heavy atom. The Morgan fingerprint density at radius 1 is 1.07 bits per heavy atom. The smallest absolute Gasteiger partial charge is 0.348 e. The third kappa shape index (κ3) is 3.81. The van der Waals surface area contributed by atoms with Gasteiger partial charge in [0.05, 0.1) is 19.3 Å². The van der Waals surface area contributed by atoms with Crippen molar-refractivity contribution in [2.75, 3.05) is 19.0 Å². The molecule has 4 saturated carbocycles. The summed E-state index contributed by atoms with van der Waals surface area (Å²) in [5, 5.41) is 3.32. The molecule has 1 amide bonds. The summed E-state index contributed by atoms with van der Waals surface area (Å²) in [7, 11) is 1.30. The first kappa shape index (κ1) is 20.4. The molecule has 0 saturated heterocycles. The Morgan fingerprint density at radius 3 is 2.17 bits per heavy atom. The van der Waals surface area contributed by atoms with Crippen LogP contribution in [0.2, 0.25) is 0 Å². The summed E-state index contributed by atoms with van der Waals surface area (Å²) < 4.78 is 9.98. The van der Waals surface area contributed by atoms with E-state index >= 15 is 0 Å². The highest BCUT2D eigenvalue weighted by Gasteiger charge is 2.51. The van der Waals surface area contributed by atoms with Crippen molar-refractivity contribution < 1.29 is 23.9 Å². The lowest BCUT2D eigenvalue weighted by atomic mass is 9.49. The minimum atomic E-state index is -0.526. The maximum Gasteiger partial charge on any atom is 0.348 e. The maximum absolute atomic E-state index is 13.0. The second-order valence-corrected chi connectivity index (χ2v) is 10.1. The summed E-state index contributed by atoms with van der Waals surface area (Å²) in [6.07, 6.45) is 7.93. The van der Waals surface area contributed by atoms with Crippen LogP contribution in [0, 0.1) is 30.1 Å². The van der Waals surface area contributed by atoms with Crippen LogP contribution in [0.25, 0.3) is 0 Å². The van der Waals surface area contributed by atoms with Crippen LogP contribution in [0.15, 0.2) is 0 Å². The fourth-order valence-corrected chi connectivity index (χ4v) is 7.49. The van der Waals surface area contributed by atoms with Crippen LogP contribution in [-0.2, 0) is 14.3 Å². The summed E-state index contributed by atoms with van der Waals surface area (Å²) in [6, 6.07) is 0. The predicted molar refractivity (Wildman–Crippen MR) is 110 cm³/mol. The van der Waals surface area contributed by atoms with E-state index in [4.69, 9.17) is 9.47 Å². The molecule has 0 unspecified atom stereocenters. The highest BCUT2D eigenvalue weighted by atomic mass is 32.1. The number of esters is 2. The van der Waals surface area contributed by atoms with Crippen molar-refractivity contribution in [2.24, 2.45) is 23.2 Å². The molecule has 0 aromatic carbocycles. The van der Waals surface area contributed by atoms with Crippen LogP contribution in [-0.4, -0.2) is 31.6 Å². The first-order chi connectivity index (χ1) is 13.8. The molecule has 4 bridgehead atoms. The average Bonchev–Trinajstić information content (AvgIpc) is 2.95. The lowest BCUT2D eigenvalue weighted by Crippen LogP contribution is -2.47. The fraction of sp³-hybridized carbons (Fsp3) is 0.682. The molecular formula is C22H29NO5S. The van der Waals surface area contributed by atoms with Crippen molar-refractivity contribution in [2.45, 2.75) is 58.8 Å². The normalized spacial score (nSPS) is 29.6. The molecule has 0 radical (unpaired) electrons. The van der Waals surface area contributed by atoms with Crippen LogP contribution in [0.3, 0.4) is 0 Å². The monoisotopic (exact) mass is 419 g/mol. The summed E-state index contributed by atoms with van der Waals surface area (Å²) >= 11 is 1.09. The van der Waals surface area contributed by atoms with Gasteiger partial charge in [0.2, 0.25) is 5.91 Å². The molecule has 1 aromatic heterocycles. The predicted octanol–water partition coefficient (Wildman–Crippen LogP) is 4.56. The molecule has 1 heterocycles. The summed E-state index contributed by atoms with van der Waals surface area (Å²) in [4.78, 5) is 37.9. The molecule has 4 aliphatic carbocycles. The number of methoxy groups -OCH3 is 1. The summed E-state index contributed by atoms with van der Waals surface area (Å²) in [6.45, 7) is 3.64. The van der Waals surface area contributed by atoms with E-state index in [1.165, 1.54) is 26.4 Å². The highest BCUT2D eigenvalue weighted by molar-refractivity contribution is 7.18. The van der Waals surface area contributed by atoms with E-state index in [0.717, 1.165) is 48.4 Å². The lowest BCUT2D eigenvalue weighted by Gasteiger charge is -2.56. The van der Waals surface area contributed by atoms with E-state index in [1.54, 1.807) is 13.8 Å². The first-order valence-electron chi connectivity index (χ1n) is 10.5. The molecule has 6 nitrogen and oxygen atoms in total. The Bertz CT molecular complexity index is 807. The van der Waals surface area contributed by atoms with Crippen LogP contribution in [0.1, 0.15) is 77.5 Å². The Kier molecular flexibility index (Phi) is 5.44. The second kappa shape index (κ2) is 7.74.